The highest BCUT2D eigenvalue weighted by molar-refractivity contribution is 6.34. The molecule has 0 bridgehead atoms. The van der Waals surface area contributed by atoms with Gasteiger partial charge in [0.1, 0.15) is 17.1 Å². The molecule has 214 valence electrons. The van der Waals surface area contributed by atoms with Crippen molar-refractivity contribution in [2.45, 2.75) is 13.1 Å². The first-order valence-electron chi connectivity index (χ1n) is 12.7. The second kappa shape index (κ2) is 10.3. The smallest absolute Gasteiger partial charge is 0.449 e. The van der Waals surface area contributed by atoms with E-state index in [4.69, 9.17) is 13.9 Å². The Morgan fingerprint density at radius 1 is 0.791 bits per heavy atom. The van der Waals surface area contributed by atoms with Gasteiger partial charge in [-0.25, -0.2) is 9.69 Å². The number of carbonyl (C=O) groups excluding carboxylic acids is 3. The van der Waals surface area contributed by atoms with Gasteiger partial charge in [0, 0.05) is 6.07 Å². The molecular formula is C32H18F3NO7. The van der Waals surface area contributed by atoms with Gasteiger partial charge in [0.05, 0.1) is 27.8 Å². The number of rotatable bonds is 5. The molecule has 5 aromatic rings. The zero-order chi connectivity index (χ0) is 30.5. The largest absolute Gasteiger partial charge is 0.453 e. The Hall–Kier alpha value is -5.71. The van der Waals surface area contributed by atoms with E-state index in [1.54, 1.807) is 43.3 Å². The number of imide groups is 1. The minimum atomic E-state index is -5.07. The first kappa shape index (κ1) is 27.5. The monoisotopic (exact) mass is 585 g/mol. The van der Waals surface area contributed by atoms with Gasteiger partial charge >= 0.3 is 12.1 Å². The fourth-order valence-corrected chi connectivity index (χ4v) is 4.56. The highest BCUT2D eigenvalue weighted by Crippen LogP contribution is 2.39. The Morgan fingerprint density at radius 3 is 2.00 bits per heavy atom. The number of alkyl halides is 3. The molecule has 11 heteroatoms. The fourth-order valence-electron chi connectivity index (χ4n) is 4.56. The number of nitrogens with zero attached hydrogens (tertiary/aromatic N) is 1. The van der Waals surface area contributed by atoms with Crippen LogP contribution in [-0.4, -0.2) is 17.8 Å². The molecule has 8 nitrogen and oxygen atoms in total. The molecule has 0 radical (unpaired) electrons. The Bertz CT molecular complexity index is 1960. The average molecular weight is 585 g/mol. The molecular weight excluding hydrogens is 567 g/mol. The summed E-state index contributed by atoms with van der Waals surface area (Å²) >= 11 is 0. The van der Waals surface area contributed by atoms with Crippen molar-refractivity contribution in [1.29, 1.82) is 0 Å². The fraction of sp³-hybridized carbons (Fsp3) is 0.0625. The summed E-state index contributed by atoms with van der Waals surface area (Å²) in [7, 11) is 0. The number of fused-ring (bicyclic) bond motifs is 2. The third kappa shape index (κ3) is 5.01. The van der Waals surface area contributed by atoms with Crippen LogP contribution in [0.2, 0.25) is 0 Å². The normalized spacial score (nSPS) is 12.9. The maximum atomic E-state index is 13.9. The van der Waals surface area contributed by atoms with Crippen molar-refractivity contribution >= 4 is 34.4 Å². The number of benzene rings is 4. The number of amides is 2. The van der Waals surface area contributed by atoms with Crippen LogP contribution in [-0.2, 0) is 6.18 Å². The Balaban J connectivity index is 1.26. The van der Waals surface area contributed by atoms with E-state index in [0.29, 0.717) is 0 Å². The lowest BCUT2D eigenvalue weighted by molar-refractivity contribution is -0.154. The van der Waals surface area contributed by atoms with Crippen molar-refractivity contribution in [2.75, 3.05) is 4.90 Å². The molecule has 0 saturated heterocycles. The molecule has 2 heterocycles. The molecule has 0 atom stereocenters. The number of esters is 1. The van der Waals surface area contributed by atoms with Crippen molar-refractivity contribution in [3.05, 3.63) is 129 Å². The molecule has 2 amide bonds. The van der Waals surface area contributed by atoms with Crippen molar-refractivity contribution in [2.24, 2.45) is 0 Å². The summed E-state index contributed by atoms with van der Waals surface area (Å²) in [6, 6.07) is 21.3. The van der Waals surface area contributed by atoms with E-state index in [0.717, 1.165) is 22.6 Å². The summed E-state index contributed by atoms with van der Waals surface area (Å²) in [4.78, 5) is 52.3. The van der Waals surface area contributed by atoms with Crippen LogP contribution in [0.25, 0.3) is 11.0 Å². The molecule has 0 fully saturated rings. The quantitative estimate of drug-likeness (QED) is 0.125. The molecule has 1 aromatic heterocycles. The van der Waals surface area contributed by atoms with E-state index < -0.39 is 46.5 Å². The van der Waals surface area contributed by atoms with Gasteiger partial charge in [-0.15, -0.1) is 0 Å². The second-order valence-electron chi connectivity index (χ2n) is 9.59. The molecule has 43 heavy (non-hydrogen) atoms. The van der Waals surface area contributed by atoms with Gasteiger partial charge in [-0.1, -0.05) is 29.8 Å². The average Bonchev–Trinajstić information content (AvgIpc) is 3.24. The molecule has 0 aliphatic carbocycles. The topological polar surface area (TPSA) is 103 Å². The highest BCUT2D eigenvalue weighted by atomic mass is 19.4. The third-order valence-corrected chi connectivity index (χ3v) is 6.69. The summed E-state index contributed by atoms with van der Waals surface area (Å²) in [5.74, 6) is -4.72. The second-order valence-corrected chi connectivity index (χ2v) is 9.59. The number of ether oxygens (including phenoxy) is 2. The first-order valence-corrected chi connectivity index (χ1v) is 12.7. The number of hydrogen-bond donors (Lipinski definition) is 0. The number of hydrogen-bond acceptors (Lipinski definition) is 7. The van der Waals surface area contributed by atoms with E-state index in [2.05, 4.69) is 0 Å². The Kier molecular flexibility index (Phi) is 6.57. The van der Waals surface area contributed by atoms with Gasteiger partial charge in [-0.3, -0.25) is 14.4 Å². The minimum Gasteiger partial charge on any atom is -0.449 e. The lowest BCUT2D eigenvalue weighted by atomic mass is 10.1. The maximum Gasteiger partial charge on any atom is 0.453 e. The minimum absolute atomic E-state index is 0.0160. The van der Waals surface area contributed by atoms with Gasteiger partial charge in [0.15, 0.2) is 0 Å². The lowest BCUT2D eigenvalue weighted by Crippen LogP contribution is -2.29. The van der Waals surface area contributed by atoms with Gasteiger partial charge in [-0.05, 0) is 67.6 Å². The highest BCUT2D eigenvalue weighted by Gasteiger charge is 2.41. The molecule has 4 aromatic carbocycles. The van der Waals surface area contributed by atoms with Crippen LogP contribution in [0.3, 0.4) is 0 Å². The number of aryl methyl sites for hydroxylation is 1. The Morgan fingerprint density at radius 2 is 1.40 bits per heavy atom. The molecule has 1 aliphatic heterocycles. The van der Waals surface area contributed by atoms with Crippen molar-refractivity contribution in [3.8, 4) is 17.2 Å². The van der Waals surface area contributed by atoms with Crippen LogP contribution in [0.5, 0.6) is 17.2 Å². The van der Waals surface area contributed by atoms with Crippen LogP contribution in [0.1, 0.15) is 42.4 Å². The lowest BCUT2D eigenvalue weighted by Gasteiger charge is -2.14. The molecule has 0 unspecified atom stereocenters. The van der Waals surface area contributed by atoms with Crippen LogP contribution < -0.4 is 19.8 Å². The SMILES string of the molecule is Cc1ccc(Oc2c(C(F)(F)F)oc3cc(OC(=O)c4ccc(N5C(=O)c6ccccc6C5=O)cc4)ccc3c2=O)cc1. The van der Waals surface area contributed by atoms with Crippen LogP contribution in [0.4, 0.5) is 18.9 Å². The molecule has 6 rings (SSSR count). The van der Waals surface area contributed by atoms with Crippen LogP contribution >= 0.6 is 0 Å². The van der Waals surface area contributed by atoms with E-state index in [1.807, 2.05) is 0 Å². The Labute approximate surface area is 240 Å². The van der Waals surface area contributed by atoms with Crippen molar-refractivity contribution in [1.82, 2.24) is 0 Å². The first-order chi connectivity index (χ1) is 20.5. The van der Waals surface area contributed by atoms with Crippen molar-refractivity contribution in [3.63, 3.8) is 0 Å². The van der Waals surface area contributed by atoms with E-state index >= 15 is 0 Å². The summed E-state index contributed by atoms with van der Waals surface area (Å²) in [5, 5.41) is -0.222. The molecule has 0 spiro atoms. The van der Waals surface area contributed by atoms with E-state index in [-0.39, 0.29) is 39.3 Å². The van der Waals surface area contributed by atoms with Crippen molar-refractivity contribution < 1.29 is 41.4 Å². The zero-order valence-corrected chi connectivity index (χ0v) is 22.1. The predicted octanol–water partition coefficient (Wildman–Crippen LogP) is 6.93. The molecule has 0 N–H and O–H groups in total. The zero-order valence-electron chi connectivity index (χ0n) is 22.1. The molecule has 1 aliphatic rings. The summed E-state index contributed by atoms with van der Waals surface area (Å²) in [6.45, 7) is 1.78. The van der Waals surface area contributed by atoms with Gasteiger partial charge in [-0.2, -0.15) is 13.2 Å². The van der Waals surface area contributed by atoms with Gasteiger partial charge in [0.25, 0.3) is 17.6 Å². The van der Waals surface area contributed by atoms with Gasteiger partial charge < -0.3 is 13.9 Å². The number of halogens is 3. The van der Waals surface area contributed by atoms with Crippen LogP contribution in [0, 0.1) is 6.92 Å². The summed E-state index contributed by atoms with van der Waals surface area (Å²) in [6.07, 6.45) is -5.07. The maximum absolute atomic E-state index is 13.9. The summed E-state index contributed by atoms with van der Waals surface area (Å²) < 4.78 is 57.3. The van der Waals surface area contributed by atoms with E-state index in [9.17, 15) is 32.3 Å². The number of anilines is 1. The molecule has 0 saturated carbocycles. The van der Waals surface area contributed by atoms with Crippen LogP contribution in [0.15, 0.2) is 100 Å². The van der Waals surface area contributed by atoms with Gasteiger partial charge in [0.2, 0.25) is 11.2 Å². The summed E-state index contributed by atoms with van der Waals surface area (Å²) in [5.41, 5.74) is 0.103. The van der Waals surface area contributed by atoms with E-state index in [1.165, 1.54) is 42.5 Å². The standard InChI is InChI=1S/C32H18F3NO7/c1-17-6-12-20(13-7-17)41-27-26(37)24-15-14-21(16-25(24)43-28(27)32(33,34)35)42-31(40)18-8-10-19(11-9-18)36-29(38)22-4-2-3-5-23(22)30(36)39/h2-16H,1H3. The third-order valence-electron chi connectivity index (χ3n) is 6.69. The predicted molar refractivity (Wildman–Crippen MR) is 148 cm³/mol. The number of carbonyl (C=O) groups is 3.